The number of rotatable bonds is 10. The summed E-state index contributed by atoms with van der Waals surface area (Å²) in [6.07, 6.45) is 6.35. The fraction of sp³-hybridized carbons (Fsp3) is 0.536. The summed E-state index contributed by atoms with van der Waals surface area (Å²) in [7, 11) is 3.43. The standard InChI is InChI=1S/C28H37N3O4/c1-19(32)23-14-20(5-4-12-35-3)13-21(15-23)18-31(24-6-7-24)28(34)26-17-29-10-8-25(26)22-9-11-30(2)27(33)16-22/h9,11,13-16,24-26,29H,4-8,10,12,17-18H2,1-3H3/t25-,26+/m1/s1. The van der Waals surface area contributed by atoms with Gasteiger partial charge in [-0.25, -0.2) is 0 Å². The molecule has 0 spiro atoms. The number of carbonyl (C=O) groups excluding carboxylic acids is 2. The molecule has 2 aromatic rings. The second-order valence-electron chi connectivity index (χ2n) is 10.0. The highest BCUT2D eigenvalue weighted by Gasteiger charge is 2.40. The number of hydrogen-bond donors (Lipinski definition) is 1. The summed E-state index contributed by atoms with van der Waals surface area (Å²) < 4.78 is 6.75. The molecule has 1 amide bonds. The third-order valence-electron chi connectivity index (χ3n) is 7.25. The molecule has 1 aromatic heterocycles. The van der Waals surface area contributed by atoms with Crippen molar-refractivity contribution in [2.24, 2.45) is 13.0 Å². The Hall–Kier alpha value is -2.77. The number of benzene rings is 1. The third-order valence-corrected chi connectivity index (χ3v) is 7.25. The number of Topliss-reactive ketones (excluding diaryl/α,β-unsaturated/α-hetero) is 1. The van der Waals surface area contributed by atoms with Crippen molar-refractivity contribution in [3.05, 3.63) is 69.1 Å². The zero-order chi connectivity index (χ0) is 24.9. The van der Waals surface area contributed by atoms with Gasteiger partial charge in [-0.1, -0.05) is 6.07 Å². The van der Waals surface area contributed by atoms with E-state index in [0.717, 1.165) is 55.3 Å². The highest BCUT2D eigenvalue weighted by molar-refractivity contribution is 5.94. The molecule has 1 saturated heterocycles. The second-order valence-corrected chi connectivity index (χ2v) is 10.0. The third kappa shape index (κ3) is 6.27. The first kappa shape index (κ1) is 25.3. The molecule has 2 atom stereocenters. The molecule has 0 bridgehead atoms. The molecular formula is C28H37N3O4. The topological polar surface area (TPSA) is 80.6 Å². The molecule has 1 N–H and O–H groups in total. The minimum absolute atomic E-state index is 0.0204. The first-order valence-electron chi connectivity index (χ1n) is 12.7. The number of piperidine rings is 1. The monoisotopic (exact) mass is 479 g/mol. The Balaban J connectivity index is 1.58. The van der Waals surface area contributed by atoms with Gasteiger partial charge in [0.1, 0.15) is 0 Å². The highest BCUT2D eigenvalue weighted by Crippen LogP contribution is 2.36. The van der Waals surface area contributed by atoms with E-state index in [1.165, 1.54) is 0 Å². The number of ether oxygens (including phenoxy) is 1. The van der Waals surface area contributed by atoms with Crippen molar-refractivity contribution in [3.63, 3.8) is 0 Å². The Morgan fingerprint density at radius 1 is 1.14 bits per heavy atom. The highest BCUT2D eigenvalue weighted by atomic mass is 16.5. The molecule has 7 heteroatoms. The summed E-state index contributed by atoms with van der Waals surface area (Å²) in [6.45, 7) is 4.20. The van der Waals surface area contributed by atoms with Crippen LogP contribution in [0.15, 0.2) is 41.3 Å². The van der Waals surface area contributed by atoms with E-state index in [-0.39, 0.29) is 35.1 Å². The number of nitrogens with one attached hydrogen (secondary N) is 1. The van der Waals surface area contributed by atoms with E-state index < -0.39 is 0 Å². The van der Waals surface area contributed by atoms with Crippen molar-refractivity contribution in [1.82, 2.24) is 14.8 Å². The molecule has 0 radical (unpaired) electrons. The van der Waals surface area contributed by atoms with Crippen LogP contribution < -0.4 is 10.9 Å². The molecule has 188 valence electrons. The molecule has 2 aliphatic rings. The van der Waals surface area contributed by atoms with Gasteiger partial charge in [0.05, 0.1) is 5.92 Å². The molecule has 7 nitrogen and oxygen atoms in total. The molecule has 1 aliphatic heterocycles. The van der Waals surface area contributed by atoms with E-state index in [1.54, 1.807) is 37.9 Å². The van der Waals surface area contributed by atoms with E-state index >= 15 is 0 Å². The summed E-state index contributed by atoms with van der Waals surface area (Å²) in [5.41, 5.74) is 3.69. The lowest BCUT2D eigenvalue weighted by molar-refractivity contribution is -0.138. The van der Waals surface area contributed by atoms with Gasteiger partial charge in [0.25, 0.3) is 5.56 Å². The van der Waals surface area contributed by atoms with Crippen LogP contribution >= 0.6 is 0 Å². The number of pyridine rings is 1. The Bertz CT molecular complexity index is 1120. The van der Waals surface area contributed by atoms with Crippen molar-refractivity contribution < 1.29 is 14.3 Å². The normalized spacial score (nSPS) is 20.0. The summed E-state index contributed by atoms with van der Waals surface area (Å²) in [5.74, 6) is -0.0217. The number of ketones is 1. The van der Waals surface area contributed by atoms with E-state index in [2.05, 4.69) is 11.4 Å². The molecule has 2 fully saturated rings. The molecule has 2 heterocycles. The number of methoxy groups -OCH3 is 1. The largest absolute Gasteiger partial charge is 0.385 e. The van der Waals surface area contributed by atoms with E-state index in [1.807, 2.05) is 23.1 Å². The van der Waals surface area contributed by atoms with Crippen LogP contribution in [0.3, 0.4) is 0 Å². The number of aromatic nitrogens is 1. The maximum absolute atomic E-state index is 14.0. The maximum Gasteiger partial charge on any atom is 0.250 e. The van der Waals surface area contributed by atoms with Gasteiger partial charge in [-0.05, 0) is 86.4 Å². The first-order valence-corrected chi connectivity index (χ1v) is 12.7. The number of carbonyl (C=O) groups is 2. The Morgan fingerprint density at radius 3 is 2.60 bits per heavy atom. The van der Waals surface area contributed by atoms with Crippen molar-refractivity contribution in [2.45, 2.75) is 57.5 Å². The lowest BCUT2D eigenvalue weighted by atomic mass is 9.80. The molecule has 4 rings (SSSR count). The van der Waals surface area contributed by atoms with Gasteiger partial charge in [0.15, 0.2) is 5.78 Å². The predicted molar refractivity (Wildman–Crippen MR) is 136 cm³/mol. The van der Waals surface area contributed by atoms with Gasteiger partial charge < -0.3 is 19.5 Å². The average molecular weight is 480 g/mol. The average Bonchev–Trinajstić information content (AvgIpc) is 3.69. The Kier molecular flexibility index (Phi) is 8.19. The zero-order valence-electron chi connectivity index (χ0n) is 21.1. The Labute approximate surface area is 207 Å². The van der Waals surface area contributed by atoms with Gasteiger partial charge in [0, 0.05) is 57.7 Å². The molecular weight excluding hydrogens is 442 g/mol. The van der Waals surface area contributed by atoms with Crippen LogP contribution in [0, 0.1) is 5.92 Å². The molecule has 1 aliphatic carbocycles. The van der Waals surface area contributed by atoms with Crippen LogP contribution in [-0.4, -0.2) is 54.0 Å². The van der Waals surface area contributed by atoms with Gasteiger partial charge in [-0.15, -0.1) is 0 Å². The van der Waals surface area contributed by atoms with Crippen molar-refractivity contribution in [1.29, 1.82) is 0 Å². The quantitative estimate of drug-likeness (QED) is 0.419. The smallest absolute Gasteiger partial charge is 0.250 e. The second kappa shape index (κ2) is 11.3. The minimum atomic E-state index is -0.214. The van der Waals surface area contributed by atoms with Crippen molar-refractivity contribution in [2.75, 3.05) is 26.8 Å². The van der Waals surface area contributed by atoms with E-state index in [9.17, 15) is 14.4 Å². The summed E-state index contributed by atoms with van der Waals surface area (Å²) in [4.78, 5) is 40.5. The fourth-order valence-electron chi connectivity index (χ4n) is 5.12. The minimum Gasteiger partial charge on any atom is -0.385 e. The lowest BCUT2D eigenvalue weighted by Gasteiger charge is -2.36. The van der Waals surface area contributed by atoms with Crippen LogP contribution in [0.4, 0.5) is 0 Å². The van der Waals surface area contributed by atoms with Crippen LogP contribution in [0.25, 0.3) is 0 Å². The van der Waals surface area contributed by atoms with Crippen LogP contribution in [0.5, 0.6) is 0 Å². The van der Waals surface area contributed by atoms with E-state index in [4.69, 9.17) is 4.74 Å². The van der Waals surface area contributed by atoms with Crippen LogP contribution in [0.2, 0.25) is 0 Å². The number of hydrogen-bond acceptors (Lipinski definition) is 5. The van der Waals surface area contributed by atoms with Crippen molar-refractivity contribution in [3.8, 4) is 0 Å². The van der Waals surface area contributed by atoms with E-state index in [0.29, 0.717) is 25.3 Å². The summed E-state index contributed by atoms with van der Waals surface area (Å²) in [5, 5.41) is 3.39. The summed E-state index contributed by atoms with van der Waals surface area (Å²) >= 11 is 0. The van der Waals surface area contributed by atoms with Gasteiger partial charge in [0.2, 0.25) is 5.91 Å². The SMILES string of the molecule is COCCCc1cc(CN(C(=O)[C@H]2CNCC[C@@H]2c2ccn(C)c(=O)c2)C2CC2)cc(C(C)=O)c1. The zero-order valence-corrected chi connectivity index (χ0v) is 21.1. The van der Waals surface area contributed by atoms with Gasteiger partial charge >= 0.3 is 0 Å². The maximum atomic E-state index is 14.0. The summed E-state index contributed by atoms with van der Waals surface area (Å²) in [6, 6.07) is 9.92. The lowest BCUT2D eigenvalue weighted by Crippen LogP contribution is -2.47. The molecule has 1 aromatic carbocycles. The van der Waals surface area contributed by atoms with Crippen molar-refractivity contribution >= 4 is 11.7 Å². The molecule has 1 saturated carbocycles. The fourth-order valence-corrected chi connectivity index (χ4v) is 5.12. The number of nitrogens with zero attached hydrogens (tertiary/aromatic N) is 2. The Morgan fingerprint density at radius 2 is 1.91 bits per heavy atom. The predicted octanol–water partition coefficient (Wildman–Crippen LogP) is 3.05. The molecule has 0 unspecified atom stereocenters. The van der Waals surface area contributed by atoms with Crippen LogP contribution in [0.1, 0.15) is 65.6 Å². The van der Waals surface area contributed by atoms with Crippen LogP contribution in [-0.2, 0) is 29.5 Å². The van der Waals surface area contributed by atoms with Gasteiger partial charge in [-0.3, -0.25) is 14.4 Å². The first-order chi connectivity index (χ1) is 16.9. The number of amides is 1. The molecule has 35 heavy (non-hydrogen) atoms. The van der Waals surface area contributed by atoms with Gasteiger partial charge in [-0.2, -0.15) is 0 Å². The number of aryl methyl sites for hydroxylation is 2.